The van der Waals surface area contributed by atoms with Crippen LogP contribution in [0.5, 0.6) is 5.75 Å². The fraction of sp³-hybridized carbons (Fsp3) is 0.571. The zero-order chi connectivity index (χ0) is 16.0. The van der Waals surface area contributed by atoms with Crippen LogP contribution < -0.4 is 9.46 Å². The van der Waals surface area contributed by atoms with E-state index in [0.29, 0.717) is 17.3 Å². The molecular formula is C14H23ClN2O3S. The molecule has 0 bridgehead atoms. The average Bonchev–Trinajstić information content (AvgIpc) is 2.36. The molecule has 0 spiro atoms. The van der Waals surface area contributed by atoms with Crippen LogP contribution in [0.15, 0.2) is 23.1 Å². The number of ether oxygens (including phenoxy) is 1. The van der Waals surface area contributed by atoms with Gasteiger partial charge in [-0.15, -0.1) is 0 Å². The lowest BCUT2D eigenvalue weighted by Gasteiger charge is -2.13. The first-order valence-corrected chi connectivity index (χ1v) is 8.69. The summed E-state index contributed by atoms with van der Waals surface area (Å²) in [5.41, 5.74) is 0. The van der Waals surface area contributed by atoms with Crippen LogP contribution in [0, 0.1) is 0 Å². The molecule has 0 amide bonds. The van der Waals surface area contributed by atoms with E-state index >= 15 is 0 Å². The van der Waals surface area contributed by atoms with Crippen LogP contribution in [0.25, 0.3) is 0 Å². The van der Waals surface area contributed by atoms with E-state index in [9.17, 15) is 8.42 Å². The maximum atomic E-state index is 12.1. The standard InChI is InChI=1S/C14H23ClN2O3S/c1-11(2)20-14-7-6-12(10-13(14)15)21(18,19)16-8-5-9-17(3)4/h6-7,10-11,16H,5,8-9H2,1-4H3. The largest absolute Gasteiger partial charge is 0.489 e. The van der Waals surface area contributed by atoms with Gasteiger partial charge in [0.05, 0.1) is 16.0 Å². The van der Waals surface area contributed by atoms with Gasteiger partial charge in [-0.1, -0.05) is 11.6 Å². The zero-order valence-corrected chi connectivity index (χ0v) is 14.5. The van der Waals surface area contributed by atoms with E-state index in [2.05, 4.69) is 4.72 Å². The molecule has 1 aromatic carbocycles. The van der Waals surface area contributed by atoms with Gasteiger partial charge < -0.3 is 9.64 Å². The molecule has 7 heteroatoms. The number of hydrogen-bond donors (Lipinski definition) is 1. The zero-order valence-electron chi connectivity index (χ0n) is 12.9. The van der Waals surface area contributed by atoms with Gasteiger partial charge in [-0.3, -0.25) is 0 Å². The summed E-state index contributed by atoms with van der Waals surface area (Å²) in [4.78, 5) is 2.15. The third kappa shape index (κ3) is 6.22. The number of nitrogens with zero attached hydrogens (tertiary/aromatic N) is 1. The quantitative estimate of drug-likeness (QED) is 0.741. The number of hydrogen-bond acceptors (Lipinski definition) is 4. The van der Waals surface area contributed by atoms with E-state index < -0.39 is 10.0 Å². The number of rotatable bonds is 8. The van der Waals surface area contributed by atoms with Gasteiger partial charge >= 0.3 is 0 Å². The molecule has 0 aliphatic rings. The van der Waals surface area contributed by atoms with Gasteiger partial charge in [0.15, 0.2) is 0 Å². The van der Waals surface area contributed by atoms with Crippen LogP contribution in [0.3, 0.4) is 0 Å². The molecule has 0 fully saturated rings. The van der Waals surface area contributed by atoms with E-state index in [1.54, 1.807) is 6.07 Å². The normalized spacial score (nSPS) is 12.1. The first kappa shape index (κ1) is 18.2. The second kappa shape index (κ2) is 7.98. The van der Waals surface area contributed by atoms with Crippen molar-refractivity contribution in [3.8, 4) is 5.75 Å². The molecular weight excluding hydrogens is 312 g/mol. The maximum Gasteiger partial charge on any atom is 0.240 e. The van der Waals surface area contributed by atoms with E-state index in [1.165, 1.54) is 12.1 Å². The minimum Gasteiger partial charge on any atom is -0.489 e. The van der Waals surface area contributed by atoms with Crippen molar-refractivity contribution in [2.75, 3.05) is 27.2 Å². The number of benzene rings is 1. The van der Waals surface area contributed by atoms with E-state index in [-0.39, 0.29) is 11.0 Å². The van der Waals surface area contributed by atoms with Gasteiger partial charge in [-0.2, -0.15) is 0 Å². The molecule has 1 aromatic rings. The Balaban J connectivity index is 2.73. The molecule has 0 saturated carbocycles. The Kier molecular flexibility index (Phi) is 6.93. The molecule has 0 heterocycles. The molecule has 21 heavy (non-hydrogen) atoms. The first-order chi connectivity index (χ1) is 9.72. The highest BCUT2D eigenvalue weighted by Gasteiger charge is 2.16. The van der Waals surface area contributed by atoms with Gasteiger partial charge in [0, 0.05) is 6.54 Å². The van der Waals surface area contributed by atoms with Crippen molar-refractivity contribution in [1.29, 1.82) is 0 Å². The second-order valence-corrected chi connectivity index (χ2v) is 7.49. The first-order valence-electron chi connectivity index (χ1n) is 6.83. The highest BCUT2D eigenvalue weighted by molar-refractivity contribution is 7.89. The summed E-state index contributed by atoms with van der Waals surface area (Å²) in [5.74, 6) is 0.484. The Hall–Kier alpha value is -0.820. The van der Waals surface area contributed by atoms with Crippen LogP contribution in [-0.4, -0.2) is 46.6 Å². The second-order valence-electron chi connectivity index (χ2n) is 5.31. The Bertz CT molecular complexity index is 559. The van der Waals surface area contributed by atoms with E-state index in [1.807, 2.05) is 32.8 Å². The minimum atomic E-state index is -3.53. The number of sulfonamides is 1. The summed E-state index contributed by atoms with van der Waals surface area (Å²) >= 11 is 6.06. The smallest absolute Gasteiger partial charge is 0.240 e. The highest BCUT2D eigenvalue weighted by atomic mass is 35.5. The van der Waals surface area contributed by atoms with Crippen molar-refractivity contribution in [3.05, 3.63) is 23.2 Å². The fourth-order valence-corrected chi connectivity index (χ4v) is 3.07. The summed E-state index contributed by atoms with van der Waals surface area (Å²) < 4.78 is 32.3. The molecule has 0 radical (unpaired) electrons. The summed E-state index contributed by atoms with van der Waals surface area (Å²) in [6.07, 6.45) is 0.725. The van der Waals surface area contributed by atoms with E-state index in [4.69, 9.17) is 16.3 Å². The van der Waals surface area contributed by atoms with Gasteiger partial charge in [0.1, 0.15) is 5.75 Å². The van der Waals surface area contributed by atoms with Gasteiger partial charge in [-0.05, 0) is 59.1 Å². The molecule has 120 valence electrons. The molecule has 0 aliphatic heterocycles. The molecule has 0 aromatic heterocycles. The average molecular weight is 335 g/mol. The molecule has 5 nitrogen and oxygen atoms in total. The van der Waals surface area contributed by atoms with Crippen LogP contribution in [0.1, 0.15) is 20.3 Å². The van der Waals surface area contributed by atoms with Crippen LogP contribution in [-0.2, 0) is 10.0 Å². The van der Waals surface area contributed by atoms with Crippen LogP contribution >= 0.6 is 11.6 Å². The Morgan fingerprint density at radius 2 is 2.00 bits per heavy atom. The van der Waals surface area contributed by atoms with Crippen molar-refractivity contribution >= 4 is 21.6 Å². The fourth-order valence-electron chi connectivity index (χ4n) is 1.68. The number of nitrogens with one attached hydrogen (secondary N) is 1. The number of halogens is 1. The minimum absolute atomic E-state index is 0.0193. The summed E-state index contributed by atoms with van der Waals surface area (Å²) in [7, 11) is 0.358. The summed E-state index contributed by atoms with van der Waals surface area (Å²) in [6.45, 7) is 4.98. The van der Waals surface area contributed by atoms with Crippen molar-refractivity contribution in [1.82, 2.24) is 9.62 Å². The predicted molar refractivity (Wildman–Crippen MR) is 85.6 cm³/mol. The Morgan fingerprint density at radius 3 is 2.52 bits per heavy atom. The molecule has 0 atom stereocenters. The third-order valence-corrected chi connectivity index (χ3v) is 4.40. The molecule has 0 aliphatic carbocycles. The Morgan fingerprint density at radius 1 is 1.33 bits per heavy atom. The van der Waals surface area contributed by atoms with Gasteiger partial charge in [0.2, 0.25) is 10.0 Å². The van der Waals surface area contributed by atoms with Gasteiger partial charge in [0.25, 0.3) is 0 Å². The topological polar surface area (TPSA) is 58.6 Å². The lowest BCUT2D eigenvalue weighted by Crippen LogP contribution is -2.27. The van der Waals surface area contributed by atoms with Crippen molar-refractivity contribution in [2.45, 2.75) is 31.3 Å². The van der Waals surface area contributed by atoms with E-state index in [0.717, 1.165) is 13.0 Å². The maximum absolute atomic E-state index is 12.1. The van der Waals surface area contributed by atoms with Gasteiger partial charge in [-0.25, -0.2) is 13.1 Å². The Labute approximate surface area is 132 Å². The third-order valence-electron chi connectivity index (χ3n) is 2.65. The molecule has 0 unspecified atom stereocenters. The van der Waals surface area contributed by atoms with Crippen molar-refractivity contribution in [3.63, 3.8) is 0 Å². The highest BCUT2D eigenvalue weighted by Crippen LogP contribution is 2.28. The SMILES string of the molecule is CC(C)Oc1ccc(S(=O)(=O)NCCCN(C)C)cc1Cl. The molecule has 1 N–H and O–H groups in total. The van der Waals surface area contributed by atoms with Crippen molar-refractivity contribution in [2.24, 2.45) is 0 Å². The summed E-state index contributed by atoms with van der Waals surface area (Å²) in [5, 5.41) is 0.292. The van der Waals surface area contributed by atoms with Crippen LogP contribution in [0.4, 0.5) is 0 Å². The van der Waals surface area contributed by atoms with Crippen molar-refractivity contribution < 1.29 is 13.2 Å². The summed E-state index contributed by atoms with van der Waals surface area (Å²) in [6, 6.07) is 4.49. The molecule has 0 saturated heterocycles. The monoisotopic (exact) mass is 334 g/mol. The lowest BCUT2D eigenvalue weighted by atomic mass is 10.3. The van der Waals surface area contributed by atoms with Crippen LogP contribution in [0.2, 0.25) is 5.02 Å². The predicted octanol–water partition coefficient (Wildman–Crippen LogP) is 2.36. The molecule has 1 rings (SSSR count). The lowest BCUT2D eigenvalue weighted by molar-refractivity contribution is 0.242.